The van der Waals surface area contributed by atoms with E-state index in [9.17, 15) is 0 Å². The summed E-state index contributed by atoms with van der Waals surface area (Å²) in [5.74, 6) is 0. The lowest BCUT2D eigenvalue weighted by Gasteiger charge is -1.89. The highest BCUT2D eigenvalue weighted by atomic mass is 14.2. The average Bonchev–Trinajstić information content (AvgIpc) is 2.10. The van der Waals surface area contributed by atoms with Crippen molar-refractivity contribution in [3.8, 4) is 6.07 Å². The van der Waals surface area contributed by atoms with Crippen LogP contribution in [0.3, 0.4) is 0 Å². The zero-order valence-electron chi connectivity index (χ0n) is 8.17. The van der Waals surface area contributed by atoms with Crippen molar-refractivity contribution in [1.29, 1.82) is 5.26 Å². The minimum atomic E-state index is 0.455. The minimum Gasteiger partial charge on any atom is -0.198 e. The smallest absolute Gasteiger partial charge is 0.0669 e. The quantitative estimate of drug-likeness (QED) is 0.583. The zero-order valence-corrected chi connectivity index (χ0v) is 8.17. The van der Waals surface area contributed by atoms with E-state index in [2.05, 4.69) is 12.6 Å². The Labute approximate surface area is 75.7 Å². The van der Waals surface area contributed by atoms with Gasteiger partial charge in [-0.2, -0.15) is 5.26 Å². The van der Waals surface area contributed by atoms with Crippen molar-refractivity contribution in [3.05, 3.63) is 36.5 Å². The standard InChI is InChI=1S/C9H11N.C2H6/c1-3-5-9(6-4-2)7-8-10;1-2/h3-6H,1,7H2,2H3;1-2H3/b6-4-,9-5+;. The second-order valence-electron chi connectivity index (χ2n) is 1.81. The third-order valence-corrected chi connectivity index (χ3v) is 0.996. The predicted octanol–water partition coefficient (Wildman–Crippen LogP) is 3.61. The molecule has 1 nitrogen and oxygen atoms in total. The monoisotopic (exact) mass is 163 g/mol. The van der Waals surface area contributed by atoms with Crippen molar-refractivity contribution in [2.75, 3.05) is 0 Å². The molecule has 0 aromatic heterocycles. The molecule has 0 unspecified atom stereocenters. The first-order valence-corrected chi connectivity index (χ1v) is 4.16. The first kappa shape index (κ1) is 13.3. The van der Waals surface area contributed by atoms with E-state index < -0.39 is 0 Å². The summed E-state index contributed by atoms with van der Waals surface area (Å²) in [5.41, 5.74) is 1.00. The number of allylic oxidation sites excluding steroid dienone is 5. The Hall–Kier alpha value is -1.29. The Morgan fingerprint density at radius 2 is 2.08 bits per heavy atom. The molecular weight excluding hydrogens is 146 g/mol. The lowest BCUT2D eigenvalue weighted by molar-refractivity contribution is 1.27. The van der Waals surface area contributed by atoms with Gasteiger partial charge in [-0.15, -0.1) is 0 Å². The normalized spacial score (nSPS) is 10.0. The third-order valence-electron chi connectivity index (χ3n) is 0.996. The van der Waals surface area contributed by atoms with Gasteiger partial charge >= 0.3 is 0 Å². The third kappa shape index (κ3) is 8.71. The van der Waals surface area contributed by atoms with Gasteiger partial charge in [0.05, 0.1) is 12.5 Å². The second-order valence-corrected chi connectivity index (χ2v) is 1.81. The van der Waals surface area contributed by atoms with E-state index in [1.54, 1.807) is 6.08 Å². The summed E-state index contributed by atoms with van der Waals surface area (Å²) < 4.78 is 0. The van der Waals surface area contributed by atoms with Crippen LogP contribution >= 0.6 is 0 Å². The molecule has 0 aromatic carbocycles. The average molecular weight is 163 g/mol. The van der Waals surface area contributed by atoms with E-state index in [-0.39, 0.29) is 0 Å². The van der Waals surface area contributed by atoms with Gasteiger partial charge in [0, 0.05) is 0 Å². The van der Waals surface area contributed by atoms with Crippen LogP contribution in [-0.4, -0.2) is 0 Å². The molecule has 0 N–H and O–H groups in total. The molecule has 1 heteroatoms. The topological polar surface area (TPSA) is 23.8 Å². The van der Waals surface area contributed by atoms with Gasteiger partial charge in [-0.1, -0.05) is 44.7 Å². The number of nitrogens with zero attached hydrogens (tertiary/aromatic N) is 1. The molecule has 0 aliphatic heterocycles. The molecule has 0 spiro atoms. The maximum Gasteiger partial charge on any atom is 0.0669 e. The second kappa shape index (κ2) is 12.4. The molecule has 66 valence electrons. The first-order valence-electron chi connectivity index (χ1n) is 4.16. The zero-order chi connectivity index (χ0) is 9.82. The number of hydrogen-bond donors (Lipinski definition) is 0. The molecule has 0 atom stereocenters. The summed E-state index contributed by atoms with van der Waals surface area (Å²) >= 11 is 0. The fourth-order valence-electron chi connectivity index (χ4n) is 0.630. The van der Waals surface area contributed by atoms with Gasteiger partial charge in [0.15, 0.2) is 0 Å². The van der Waals surface area contributed by atoms with E-state index >= 15 is 0 Å². The fraction of sp³-hybridized carbons (Fsp3) is 0.364. The molecule has 0 radical (unpaired) electrons. The van der Waals surface area contributed by atoms with Crippen molar-refractivity contribution < 1.29 is 0 Å². The molecule has 0 amide bonds. The summed E-state index contributed by atoms with van der Waals surface area (Å²) in [6.07, 6.45) is 7.80. The van der Waals surface area contributed by atoms with Crippen molar-refractivity contribution >= 4 is 0 Å². The summed E-state index contributed by atoms with van der Waals surface area (Å²) in [6.45, 7) is 9.47. The highest BCUT2D eigenvalue weighted by Crippen LogP contribution is 2.01. The van der Waals surface area contributed by atoms with E-state index in [1.807, 2.05) is 39.0 Å². The van der Waals surface area contributed by atoms with Crippen LogP contribution in [0.1, 0.15) is 27.2 Å². The van der Waals surface area contributed by atoms with Crippen molar-refractivity contribution in [2.24, 2.45) is 0 Å². The van der Waals surface area contributed by atoms with Crippen molar-refractivity contribution in [3.63, 3.8) is 0 Å². The van der Waals surface area contributed by atoms with Gasteiger partial charge < -0.3 is 0 Å². The summed E-state index contributed by atoms with van der Waals surface area (Å²) in [5, 5.41) is 8.33. The molecule has 0 aliphatic rings. The van der Waals surface area contributed by atoms with Gasteiger partial charge in [-0.25, -0.2) is 0 Å². The summed E-state index contributed by atoms with van der Waals surface area (Å²) in [6, 6.07) is 2.07. The van der Waals surface area contributed by atoms with Crippen LogP contribution in [0.15, 0.2) is 36.5 Å². The molecule has 0 fully saturated rings. The molecule has 0 rings (SSSR count). The molecule has 0 saturated carbocycles. The van der Waals surface area contributed by atoms with Gasteiger partial charge in [0.2, 0.25) is 0 Å². The lowest BCUT2D eigenvalue weighted by atomic mass is 10.2. The van der Waals surface area contributed by atoms with E-state index in [4.69, 9.17) is 5.26 Å². The van der Waals surface area contributed by atoms with Crippen LogP contribution in [0.25, 0.3) is 0 Å². The van der Waals surface area contributed by atoms with Crippen LogP contribution in [0.2, 0.25) is 0 Å². The van der Waals surface area contributed by atoms with Crippen LogP contribution in [0.5, 0.6) is 0 Å². The summed E-state index contributed by atoms with van der Waals surface area (Å²) in [4.78, 5) is 0. The first-order chi connectivity index (χ1) is 5.85. The Balaban J connectivity index is 0. The highest BCUT2D eigenvalue weighted by molar-refractivity contribution is 5.25. The molecule has 0 heterocycles. The van der Waals surface area contributed by atoms with Crippen LogP contribution in [0.4, 0.5) is 0 Å². The molecule has 12 heavy (non-hydrogen) atoms. The molecule has 0 aliphatic carbocycles. The van der Waals surface area contributed by atoms with Crippen LogP contribution in [-0.2, 0) is 0 Å². The Morgan fingerprint density at radius 1 is 1.50 bits per heavy atom. The Morgan fingerprint density at radius 3 is 2.42 bits per heavy atom. The van der Waals surface area contributed by atoms with Crippen LogP contribution < -0.4 is 0 Å². The van der Waals surface area contributed by atoms with Crippen LogP contribution in [0, 0.1) is 11.3 Å². The molecule has 0 saturated heterocycles. The Kier molecular flexibility index (Phi) is 13.7. The largest absolute Gasteiger partial charge is 0.198 e. The Bertz CT molecular complexity index is 192. The SMILES string of the molecule is C=C/C=C(\C=C/C)CC#N.CC. The van der Waals surface area contributed by atoms with Gasteiger partial charge in [0.1, 0.15) is 0 Å². The van der Waals surface area contributed by atoms with Gasteiger partial charge in [0.25, 0.3) is 0 Å². The minimum absolute atomic E-state index is 0.455. The van der Waals surface area contributed by atoms with Gasteiger partial charge in [-0.05, 0) is 12.5 Å². The molecule has 0 aromatic rings. The highest BCUT2D eigenvalue weighted by Gasteiger charge is 1.85. The van der Waals surface area contributed by atoms with E-state index in [0.717, 1.165) is 5.57 Å². The number of nitriles is 1. The van der Waals surface area contributed by atoms with Gasteiger partial charge in [-0.3, -0.25) is 0 Å². The fourth-order valence-corrected chi connectivity index (χ4v) is 0.630. The molecular formula is C11H17N. The van der Waals surface area contributed by atoms with Crippen molar-refractivity contribution in [1.82, 2.24) is 0 Å². The lowest BCUT2D eigenvalue weighted by Crippen LogP contribution is -1.72. The predicted molar refractivity (Wildman–Crippen MR) is 54.7 cm³/mol. The number of hydrogen-bond acceptors (Lipinski definition) is 1. The van der Waals surface area contributed by atoms with Crippen molar-refractivity contribution in [2.45, 2.75) is 27.2 Å². The maximum atomic E-state index is 8.33. The maximum absolute atomic E-state index is 8.33. The summed E-state index contributed by atoms with van der Waals surface area (Å²) in [7, 11) is 0. The van der Waals surface area contributed by atoms with E-state index in [1.165, 1.54) is 0 Å². The molecule has 0 bridgehead atoms. The number of rotatable bonds is 3. The van der Waals surface area contributed by atoms with E-state index in [0.29, 0.717) is 6.42 Å².